The molecule has 0 aromatic rings. The van der Waals surface area contributed by atoms with Crippen LogP contribution < -0.4 is 0 Å². The number of nitrogens with zero attached hydrogens (tertiary/aromatic N) is 2. The van der Waals surface area contributed by atoms with Crippen LogP contribution in [0.5, 0.6) is 0 Å². The minimum absolute atomic E-state index is 0.00731. The average molecular weight is 719 g/mol. The summed E-state index contributed by atoms with van der Waals surface area (Å²) in [5, 5.41) is 35.5. The molecule has 296 valence electrons. The van der Waals surface area contributed by atoms with Gasteiger partial charge in [0.05, 0.1) is 157 Å². The van der Waals surface area contributed by atoms with Crippen molar-refractivity contribution >= 4 is 0 Å². The molecule has 4 N–H and O–H groups in total. The molecule has 16 heteroatoms. The number of rotatable bonds is 41. The van der Waals surface area contributed by atoms with E-state index in [9.17, 15) is 0 Å². The average Bonchev–Trinajstić information content (AvgIpc) is 3.09. The second-order valence-electron chi connectivity index (χ2n) is 11.3. The van der Waals surface area contributed by atoms with E-state index in [2.05, 4.69) is 9.80 Å². The summed E-state index contributed by atoms with van der Waals surface area (Å²) in [4.78, 5) is 4.62. The van der Waals surface area contributed by atoms with Crippen LogP contribution in [0, 0.1) is 0 Å². The predicted molar refractivity (Wildman–Crippen MR) is 183 cm³/mol. The molecule has 3 unspecified atom stereocenters. The molecule has 0 heterocycles. The Bertz CT molecular complexity index is 646. The van der Waals surface area contributed by atoms with Crippen LogP contribution in [0.2, 0.25) is 0 Å². The molecule has 0 bridgehead atoms. The summed E-state index contributed by atoms with van der Waals surface area (Å²) in [5.74, 6) is 0. The fourth-order valence-corrected chi connectivity index (χ4v) is 4.31. The summed E-state index contributed by atoms with van der Waals surface area (Å²) in [5.41, 5.74) is 0. The summed E-state index contributed by atoms with van der Waals surface area (Å²) >= 11 is 0. The third-order valence-electron chi connectivity index (χ3n) is 6.81. The van der Waals surface area contributed by atoms with Gasteiger partial charge in [-0.25, -0.2) is 0 Å². The van der Waals surface area contributed by atoms with Crippen LogP contribution in [0.3, 0.4) is 0 Å². The van der Waals surface area contributed by atoms with Crippen molar-refractivity contribution in [3.63, 3.8) is 0 Å². The first-order chi connectivity index (χ1) is 24.0. The first kappa shape index (κ1) is 48.4. The summed E-state index contributed by atoms with van der Waals surface area (Å²) in [6.07, 6.45) is -0.202. The Hall–Kier alpha value is -0.640. The minimum Gasteiger partial charge on any atom is -0.394 e. The predicted octanol–water partition coefficient (Wildman–Crippen LogP) is -1.11. The molecule has 0 saturated heterocycles. The maximum atomic E-state index is 8.90. The van der Waals surface area contributed by atoms with Crippen molar-refractivity contribution in [1.82, 2.24) is 9.80 Å². The van der Waals surface area contributed by atoms with E-state index in [1.165, 1.54) is 0 Å². The van der Waals surface area contributed by atoms with Gasteiger partial charge in [0.1, 0.15) is 0 Å². The van der Waals surface area contributed by atoms with Gasteiger partial charge in [-0.2, -0.15) is 0 Å². The Kier molecular flexibility index (Phi) is 38.1. The minimum atomic E-state index is -0.0865. The molecule has 0 aliphatic carbocycles. The van der Waals surface area contributed by atoms with E-state index in [0.717, 1.165) is 26.2 Å². The Morgan fingerprint density at radius 2 is 0.694 bits per heavy atom. The summed E-state index contributed by atoms with van der Waals surface area (Å²) in [7, 11) is 0. The highest BCUT2D eigenvalue weighted by Crippen LogP contribution is 2.01. The molecule has 0 spiro atoms. The molecule has 0 aromatic carbocycles. The molecule has 0 radical (unpaired) electrons. The molecule has 0 aliphatic heterocycles. The second kappa shape index (κ2) is 38.6. The Balaban J connectivity index is 4.82. The highest BCUT2D eigenvalue weighted by atomic mass is 16.6. The van der Waals surface area contributed by atoms with E-state index >= 15 is 0 Å². The number of hydrogen-bond donors (Lipinski definition) is 4. The van der Waals surface area contributed by atoms with E-state index in [4.69, 9.17) is 67.8 Å². The maximum Gasteiger partial charge on any atom is 0.0781 e. The maximum absolute atomic E-state index is 8.90. The number of aliphatic hydroxyl groups is 4. The van der Waals surface area contributed by atoms with Crippen molar-refractivity contribution in [2.45, 2.75) is 39.1 Å². The topological polar surface area (TPSA) is 180 Å². The third kappa shape index (κ3) is 35.5. The molecular formula is C33H70N2O14. The van der Waals surface area contributed by atoms with Gasteiger partial charge >= 0.3 is 0 Å². The molecule has 3 atom stereocenters. The van der Waals surface area contributed by atoms with Crippen LogP contribution in [0.25, 0.3) is 0 Å². The number of hydrogen-bond acceptors (Lipinski definition) is 16. The molecular weight excluding hydrogens is 648 g/mol. The molecule has 49 heavy (non-hydrogen) atoms. The lowest BCUT2D eigenvalue weighted by Gasteiger charge is -2.29. The van der Waals surface area contributed by atoms with Crippen LogP contribution in [-0.4, -0.2) is 227 Å². The fourth-order valence-electron chi connectivity index (χ4n) is 4.31. The van der Waals surface area contributed by atoms with E-state index in [-0.39, 0.29) is 44.7 Å². The number of aliphatic hydroxyl groups excluding tert-OH is 4. The Morgan fingerprint density at radius 3 is 1.14 bits per heavy atom. The molecule has 16 nitrogen and oxygen atoms in total. The van der Waals surface area contributed by atoms with Crippen LogP contribution in [0.4, 0.5) is 0 Å². The molecule has 0 fully saturated rings. The summed E-state index contributed by atoms with van der Waals surface area (Å²) in [6, 6.07) is 0. The van der Waals surface area contributed by atoms with E-state index in [1.807, 2.05) is 20.8 Å². The van der Waals surface area contributed by atoms with Gasteiger partial charge in [0.15, 0.2) is 0 Å². The van der Waals surface area contributed by atoms with Gasteiger partial charge in [0.2, 0.25) is 0 Å². The second-order valence-corrected chi connectivity index (χ2v) is 11.3. The Labute approximate surface area is 294 Å². The zero-order valence-electron chi connectivity index (χ0n) is 30.6. The summed E-state index contributed by atoms with van der Waals surface area (Å²) in [6.45, 7) is 17.6. The van der Waals surface area contributed by atoms with Crippen molar-refractivity contribution in [3.05, 3.63) is 0 Å². The lowest BCUT2D eigenvalue weighted by Crippen LogP contribution is -2.42. The fraction of sp³-hybridized carbons (Fsp3) is 1.00. The highest BCUT2D eigenvalue weighted by molar-refractivity contribution is 4.67. The van der Waals surface area contributed by atoms with Crippen molar-refractivity contribution < 1.29 is 67.8 Å². The van der Waals surface area contributed by atoms with Crippen molar-refractivity contribution in [2.75, 3.05) is 178 Å². The monoisotopic (exact) mass is 718 g/mol. The van der Waals surface area contributed by atoms with E-state index in [1.54, 1.807) is 0 Å². The highest BCUT2D eigenvalue weighted by Gasteiger charge is 2.14. The van der Waals surface area contributed by atoms with Gasteiger partial charge in [0.25, 0.3) is 0 Å². The van der Waals surface area contributed by atoms with E-state index < -0.39 is 0 Å². The van der Waals surface area contributed by atoms with Gasteiger partial charge in [-0.1, -0.05) is 0 Å². The van der Waals surface area contributed by atoms with Gasteiger partial charge in [-0.15, -0.1) is 0 Å². The van der Waals surface area contributed by atoms with Crippen molar-refractivity contribution in [2.24, 2.45) is 0 Å². The first-order valence-corrected chi connectivity index (χ1v) is 17.7. The molecule has 0 rings (SSSR count). The van der Waals surface area contributed by atoms with Gasteiger partial charge in [-0.3, -0.25) is 9.80 Å². The van der Waals surface area contributed by atoms with Crippen LogP contribution in [-0.2, 0) is 47.4 Å². The lowest BCUT2D eigenvalue weighted by atomic mass is 10.3. The quantitative estimate of drug-likeness (QED) is 0.0559. The molecule has 0 aliphatic rings. The van der Waals surface area contributed by atoms with Crippen LogP contribution in [0.1, 0.15) is 20.8 Å². The SMILES string of the molecule is CC(COCCOCCN(CCOCCOCCO)CCN(CCOCCOCC(C)OCCO)CC(C)OCCOCCO)OCCO. The zero-order chi connectivity index (χ0) is 36.0. The third-order valence-corrected chi connectivity index (χ3v) is 6.81. The Morgan fingerprint density at radius 1 is 0.347 bits per heavy atom. The smallest absolute Gasteiger partial charge is 0.0781 e. The molecule has 0 amide bonds. The lowest BCUT2D eigenvalue weighted by molar-refractivity contribution is -0.0357. The molecule has 0 aromatic heterocycles. The van der Waals surface area contributed by atoms with Crippen molar-refractivity contribution in [3.8, 4) is 0 Å². The van der Waals surface area contributed by atoms with Gasteiger partial charge in [-0.05, 0) is 20.8 Å². The first-order valence-electron chi connectivity index (χ1n) is 17.7. The largest absolute Gasteiger partial charge is 0.394 e. The van der Waals surface area contributed by atoms with Gasteiger partial charge in [0, 0.05) is 39.3 Å². The summed E-state index contributed by atoms with van der Waals surface area (Å²) < 4.78 is 56.0. The van der Waals surface area contributed by atoms with E-state index in [0.29, 0.717) is 125 Å². The van der Waals surface area contributed by atoms with Crippen LogP contribution in [0.15, 0.2) is 0 Å². The molecule has 0 saturated carbocycles. The number of ether oxygens (including phenoxy) is 10. The van der Waals surface area contributed by atoms with Crippen LogP contribution >= 0.6 is 0 Å². The van der Waals surface area contributed by atoms with Crippen molar-refractivity contribution in [1.29, 1.82) is 0 Å². The standard InChI is InChI=1S/C33H70N2O14/c1-31(49-27-26-44-17-10-37)28-35(8-15-42-23-25-46-30-33(3)48-19-12-39)5-4-34(6-13-40-20-21-43-16-9-36)7-14-41-22-24-45-29-32(2)47-18-11-38/h31-33,36-39H,4-30H2,1-3H3. The normalized spacial score (nSPS) is 13.9. The van der Waals surface area contributed by atoms with Gasteiger partial charge < -0.3 is 67.8 Å². The zero-order valence-corrected chi connectivity index (χ0v) is 30.6.